The Morgan fingerprint density at radius 2 is 1.67 bits per heavy atom. The van der Waals surface area contributed by atoms with Gasteiger partial charge in [-0.2, -0.15) is 5.10 Å². The normalized spacial score (nSPS) is 12.7. The molecule has 33 heavy (non-hydrogen) atoms. The highest BCUT2D eigenvalue weighted by Crippen LogP contribution is 2.28. The molecule has 7 nitrogen and oxygen atoms in total. The number of nitrogens with zero attached hydrogens (tertiary/aromatic N) is 2. The summed E-state index contributed by atoms with van der Waals surface area (Å²) >= 11 is 12.5. The van der Waals surface area contributed by atoms with Gasteiger partial charge in [0.2, 0.25) is 5.91 Å². The maximum Gasteiger partial charge on any atom is 0.265 e. The maximum absolute atomic E-state index is 12.7. The van der Waals surface area contributed by atoms with Crippen molar-refractivity contribution in [2.75, 3.05) is 10.6 Å². The van der Waals surface area contributed by atoms with Crippen molar-refractivity contribution in [3.8, 4) is 5.75 Å². The fourth-order valence-electron chi connectivity index (χ4n) is 3.27. The average Bonchev–Trinajstić information content (AvgIpc) is 3.09. The molecule has 174 valence electrons. The van der Waals surface area contributed by atoms with E-state index in [-0.39, 0.29) is 16.8 Å². The first-order valence-electron chi connectivity index (χ1n) is 10.4. The second kappa shape index (κ2) is 10.3. The lowest BCUT2D eigenvalue weighted by Gasteiger charge is -2.17. The van der Waals surface area contributed by atoms with Crippen LogP contribution in [0.4, 0.5) is 11.4 Å². The van der Waals surface area contributed by atoms with Crippen LogP contribution in [0.15, 0.2) is 42.5 Å². The third-order valence-electron chi connectivity index (χ3n) is 5.05. The van der Waals surface area contributed by atoms with Gasteiger partial charge in [-0.1, -0.05) is 29.3 Å². The number of amides is 2. The number of anilines is 2. The van der Waals surface area contributed by atoms with Crippen LogP contribution in [0.25, 0.3) is 0 Å². The van der Waals surface area contributed by atoms with Gasteiger partial charge >= 0.3 is 0 Å². The molecule has 2 N–H and O–H groups in total. The van der Waals surface area contributed by atoms with E-state index in [1.807, 2.05) is 32.9 Å². The lowest BCUT2D eigenvalue weighted by molar-refractivity contribution is -0.122. The van der Waals surface area contributed by atoms with E-state index in [4.69, 9.17) is 27.9 Å². The van der Waals surface area contributed by atoms with Crippen LogP contribution in [0.1, 0.15) is 36.8 Å². The van der Waals surface area contributed by atoms with Crippen molar-refractivity contribution >= 4 is 46.4 Å². The minimum atomic E-state index is -0.788. The summed E-state index contributed by atoms with van der Waals surface area (Å²) in [5, 5.41) is 10.6. The van der Waals surface area contributed by atoms with Crippen molar-refractivity contribution in [3.63, 3.8) is 0 Å². The molecule has 2 aromatic carbocycles. The van der Waals surface area contributed by atoms with Gasteiger partial charge in [0.1, 0.15) is 11.8 Å². The van der Waals surface area contributed by atoms with E-state index in [0.717, 1.165) is 17.0 Å². The molecule has 0 aliphatic carbocycles. The van der Waals surface area contributed by atoms with Crippen molar-refractivity contribution in [2.24, 2.45) is 0 Å². The van der Waals surface area contributed by atoms with Crippen LogP contribution < -0.4 is 15.4 Å². The molecule has 3 aromatic rings. The molecule has 0 bridgehead atoms. The highest BCUT2D eigenvalue weighted by Gasteiger charge is 2.20. The number of rotatable bonds is 7. The van der Waals surface area contributed by atoms with E-state index in [1.165, 1.54) is 0 Å². The number of carbonyl (C=O) groups is 2. The zero-order valence-electron chi connectivity index (χ0n) is 19.1. The minimum absolute atomic E-state index is 0.253. The van der Waals surface area contributed by atoms with Crippen LogP contribution in [-0.2, 0) is 9.59 Å². The molecule has 3 rings (SSSR count). The lowest BCUT2D eigenvalue weighted by atomic mass is 10.2. The summed E-state index contributed by atoms with van der Waals surface area (Å²) in [5.41, 5.74) is 3.61. The standard InChI is InChI=1S/C24H26Cl2N4O3/c1-13-6-8-19(25)22(10-13)33-17(5)24(32)27-18-7-9-21(20(26)12-18)28-23(31)16(4)30-15(3)11-14(2)29-30/h6-12,16-17H,1-5H3,(H,27,32)(H,28,31). The van der Waals surface area contributed by atoms with E-state index in [2.05, 4.69) is 15.7 Å². The average molecular weight is 489 g/mol. The smallest absolute Gasteiger partial charge is 0.265 e. The molecule has 2 atom stereocenters. The van der Waals surface area contributed by atoms with E-state index in [9.17, 15) is 9.59 Å². The van der Waals surface area contributed by atoms with Crippen LogP contribution in [0.3, 0.4) is 0 Å². The van der Waals surface area contributed by atoms with E-state index in [1.54, 1.807) is 48.9 Å². The fourth-order valence-corrected chi connectivity index (χ4v) is 3.66. The van der Waals surface area contributed by atoms with Gasteiger partial charge in [0.05, 0.1) is 21.4 Å². The number of aromatic nitrogens is 2. The third kappa shape index (κ3) is 6.06. The fraction of sp³-hybridized carbons (Fsp3) is 0.292. The number of benzene rings is 2. The first-order valence-corrected chi connectivity index (χ1v) is 11.2. The van der Waals surface area contributed by atoms with Gasteiger partial charge in [-0.3, -0.25) is 14.3 Å². The molecule has 0 aliphatic heterocycles. The highest BCUT2D eigenvalue weighted by atomic mass is 35.5. The Labute approximate surface area is 203 Å². The molecule has 1 heterocycles. The molecule has 1 aromatic heterocycles. The highest BCUT2D eigenvalue weighted by molar-refractivity contribution is 6.34. The molecule has 0 fully saturated rings. The Bertz CT molecular complexity index is 1190. The second-order valence-electron chi connectivity index (χ2n) is 7.91. The van der Waals surface area contributed by atoms with Crippen molar-refractivity contribution in [3.05, 3.63) is 69.5 Å². The van der Waals surface area contributed by atoms with Crippen molar-refractivity contribution in [2.45, 2.75) is 46.8 Å². The van der Waals surface area contributed by atoms with Gasteiger partial charge in [-0.05, 0) is 76.6 Å². The van der Waals surface area contributed by atoms with Crippen molar-refractivity contribution in [1.29, 1.82) is 0 Å². The summed E-state index contributed by atoms with van der Waals surface area (Å²) in [6.45, 7) is 9.07. The molecule has 0 aliphatic rings. The zero-order chi connectivity index (χ0) is 24.3. The predicted molar refractivity (Wildman–Crippen MR) is 131 cm³/mol. The zero-order valence-corrected chi connectivity index (χ0v) is 20.6. The molecule has 0 saturated carbocycles. The predicted octanol–water partition coefficient (Wildman–Crippen LogP) is 5.72. The van der Waals surface area contributed by atoms with Gasteiger partial charge in [0.15, 0.2) is 6.10 Å². The van der Waals surface area contributed by atoms with Gasteiger partial charge in [0.25, 0.3) is 5.91 Å². The summed E-state index contributed by atoms with van der Waals surface area (Å²) in [7, 11) is 0. The third-order valence-corrected chi connectivity index (χ3v) is 5.67. The van der Waals surface area contributed by atoms with Gasteiger partial charge < -0.3 is 15.4 Å². The number of hydrogen-bond acceptors (Lipinski definition) is 4. The quantitative estimate of drug-likeness (QED) is 0.445. The summed E-state index contributed by atoms with van der Waals surface area (Å²) in [5.74, 6) is -0.178. The number of hydrogen-bond donors (Lipinski definition) is 2. The molecule has 0 saturated heterocycles. The van der Waals surface area contributed by atoms with Crippen LogP contribution >= 0.6 is 23.2 Å². The Kier molecular flexibility index (Phi) is 7.66. The van der Waals surface area contributed by atoms with Gasteiger partial charge in [-0.15, -0.1) is 0 Å². The number of halogens is 2. The summed E-state index contributed by atoms with van der Waals surface area (Å²) in [4.78, 5) is 25.2. The number of ether oxygens (including phenoxy) is 1. The van der Waals surface area contributed by atoms with Gasteiger partial charge in [0, 0.05) is 11.4 Å². The lowest BCUT2D eigenvalue weighted by Crippen LogP contribution is -2.30. The minimum Gasteiger partial charge on any atom is -0.479 e. The summed E-state index contributed by atoms with van der Waals surface area (Å²) in [6.07, 6.45) is -0.788. The first-order chi connectivity index (χ1) is 15.5. The van der Waals surface area contributed by atoms with Gasteiger partial charge in [-0.25, -0.2) is 0 Å². The SMILES string of the molecule is Cc1ccc(Cl)c(OC(C)C(=O)Nc2ccc(NC(=O)C(C)n3nc(C)cc3C)c(Cl)c2)c1. The maximum atomic E-state index is 12.7. The summed E-state index contributed by atoms with van der Waals surface area (Å²) < 4.78 is 7.37. The number of nitrogens with one attached hydrogen (secondary N) is 2. The van der Waals surface area contributed by atoms with E-state index >= 15 is 0 Å². The molecule has 9 heteroatoms. The molecular formula is C24H26Cl2N4O3. The first kappa shape index (κ1) is 24.6. The van der Waals surface area contributed by atoms with E-state index < -0.39 is 12.1 Å². The van der Waals surface area contributed by atoms with Crippen LogP contribution in [0.5, 0.6) is 5.75 Å². The Morgan fingerprint density at radius 1 is 0.939 bits per heavy atom. The Balaban J connectivity index is 1.63. The Morgan fingerprint density at radius 3 is 2.30 bits per heavy atom. The van der Waals surface area contributed by atoms with E-state index in [0.29, 0.717) is 22.1 Å². The van der Waals surface area contributed by atoms with Crippen LogP contribution in [-0.4, -0.2) is 27.7 Å². The molecular weight excluding hydrogens is 463 g/mol. The molecule has 0 spiro atoms. The van der Waals surface area contributed by atoms with Crippen molar-refractivity contribution in [1.82, 2.24) is 9.78 Å². The molecule has 2 unspecified atom stereocenters. The topological polar surface area (TPSA) is 85.3 Å². The largest absolute Gasteiger partial charge is 0.479 e. The molecule has 2 amide bonds. The molecule has 0 radical (unpaired) electrons. The van der Waals surface area contributed by atoms with Crippen molar-refractivity contribution < 1.29 is 14.3 Å². The number of carbonyl (C=O) groups excluding carboxylic acids is 2. The monoisotopic (exact) mass is 488 g/mol. The summed E-state index contributed by atoms with van der Waals surface area (Å²) in [6, 6.07) is 11.6. The second-order valence-corrected chi connectivity index (χ2v) is 8.73. The number of aryl methyl sites for hydroxylation is 3. The van der Waals surface area contributed by atoms with Crippen LogP contribution in [0.2, 0.25) is 10.0 Å². The van der Waals surface area contributed by atoms with Crippen LogP contribution in [0, 0.1) is 20.8 Å². The Hall–Kier alpha value is -3.03.